The molecule has 0 aromatic heterocycles. The van der Waals surface area contributed by atoms with Crippen LogP contribution in [0.3, 0.4) is 0 Å². The van der Waals surface area contributed by atoms with E-state index in [-0.39, 0.29) is 11.7 Å². The van der Waals surface area contributed by atoms with E-state index < -0.39 is 10.1 Å². The van der Waals surface area contributed by atoms with Crippen molar-refractivity contribution in [2.24, 2.45) is 0 Å². The Morgan fingerprint density at radius 2 is 1.23 bits per heavy atom. The molecule has 0 unspecified atom stereocenters. The highest BCUT2D eigenvalue weighted by atomic mass is 32.2. The Morgan fingerprint density at radius 1 is 0.742 bits per heavy atom. The minimum atomic E-state index is -3.84. The molecule has 0 fully saturated rings. The second-order valence-electron chi connectivity index (χ2n) is 9.59. The van der Waals surface area contributed by atoms with Gasteiger partial charge < -0.3 is 9.22 Å². The van der Waals surface area contributed by atoms with Gasteiger partial charge in [-0.2, -0.15) is 8.42 Å². The second-order valence-corrected chi connectivity index (χ2v) is 11.2. The number of nitrogens with zero attached hydrogens (tertiary/aromatic N) is 1. The molecule has 0 aromatic carbocycles. The highest BCUT2D eigenvalue weighted by molar-refractivity contribution is 7.85. The monoisotopic (exact) mass is 464 g/mol. The van der Waals surface area contributed by atoms with Crippen LogP contribution in [0.5, 0.6) is 0 Å². The summed E-state index contributed by atoms with van der Waals surface area (Å²) >= 11 is 0. The highest BCUT2D eigenvalue weighted by Crippen LogP contribution is 2.11. The normalized spacial score (nSPS) is 12.3. The zero-order valence-corrected chi connectivity index (χ0v) is 21.4. The van der Waals surface area contributed by atoms with Crippen molar-refractivity contribution in [3.63, 3.8) is 0 Å². The van der Waals surface area contributed by atoms with Gasteiger partial charge in [0, 0.05) is 6.42 Å². The molecule has 7 heteroatoms. The smallest absolute Gasteiger partial charge is 0.305 e. The van der Waals surface area contributed by atoms with Gasteiger partial charge in [-0.3, -0.25) is 9.35 Å². The van der Waals surface area contributed by atoms with Gasteiger partial charge in [0.2, 0.25) is 0 Å². The number of rotatable bonds is 22. The third kappa shape index (κ3) is 23.8. The largest absolute Gasteiger partial charge is 0.466 e. The fourth-order valence-corrected chi connectivity index (χ4v) is 4.34. The van der Waals surface area contributed by atoms with Crippen LogP contribution in [0, 0.1) is 0 Å². The summed E-state index contributed by atoms with van der Waals surface area (Å²) in [7, 11) is 0.423. The topological polar surface area (TPSA) is 80.7 Å². The van der Waals surface area contributed by atoms with Gasteiger partial charge in [-0.1, -0.05) is 64.7 Å². The van der Waals surface area contributed by atoms with Crippen molar-refractivity contribution in [1.82, 2.24) is 0 Å². The Kier molecular flexibility index (Phi) is 18.5. The summed E-state index contributed by atoms with van der Waals surface area (Å²) in [4.78, 5) is 11.8. The summed E-state index contributed by atoms with van der Waals surface area (Å²) in [5, 5.41) is 0. The number of carbonyl (C=O) groups excluding carboxylic acids is 1. The number of hydrogen-bond acceptors (Lipinski definition) is 4. The summed E-state index contributed by atoms with van der Waals surface area (Å²) in [6.07, 6.45) is 17.5. The SMILES string of the molecule is CCCCCCCCCCCCOC(=O)CCCCC[N+](C)(C)CCCCS(=O)(=O)O. The van der Waals surface area contributed by atoms with E-state index in [4.69, 9.17) is 9.29 Å². The van der Waals surface area contributed by atoms with Crippen molar-refractivity contribution >= 4 is 16.1 Å². The summed E-state index contributed by atoms with van der Waals surface area (Å²) in [5.74, 6) is -0.233. The van der Waals surface area contributed by atoms with Crippen molar-refractivity contribution in [2.45, 2.75) is 110 Å². The van der Waals surface area contributed by atoms with E-state index >= 15 is 0 Å². The van der Waals surface area contributed by atoms with E-state index in [1.165, 1.54) is 51.4 Å². The fraction of sp³-hybridized carbons (Fsp3) is 0.958. The molecule has 0 bridgehead atoms. The molecule has 186 valence electrons. The second kappa shape index (κ2) is 18.9. The number of hydrogen-bond donors (Lipinski definition) is 1. The van der Waals surface area contributed by atoms with E-state index in [2.05, 4.69) is 21.0 Å². The summed E-state index contributed by atoms with van der Waals surface area (Å²) in [6, 6.07) is 0. The average molecular weight is 465 g/mol. The summed E-state index contributed by atoms with van der Waals surface area (Å²) < 4.78 is 36.4. The first-order valence-corrected chi connectivity index (χ1v) is 14.2. The van der Waals surface area contributed by atoms with Crippen LogP contribution in [0.4, 0.5) is 0 Å². The molecule has 0 aliphatic rings. The Hall–Kier alpha value is -0.660. The lowest BCUT2D eigenvalue weighted by atomic mass is 10.1. The molecule has 0 aliphatic heterocycles. The lowest BCUT2D eigenvalue weighted by molar-refractivity contribution is -0.890. The molecule has 0 saturated heterocycles. The molecule has 1 N–H and O–H groups in total. The van der Waals surface area contributed by atoms with Crippen molar-refractivity contribution in [3.8, 4) is 0 Å². The number of esters is 1. The Labute approximate surface area is 192 Å². The minimum Gasteiger partial charge on any atom is -0.466 e. The van der Waals surface area contributed by atoms with Crippen LogP contribution in [0.2, 0.25) is 0 Å². The van der Waals surface area contributed by atoms with Gasteiger partial charge in [0.25, 0.3) is 10.1 Å². The van der Waals surface area contributed by atoms with Crippen LogP contribution in [0.15, 0.2) is 0 Å². The molecule has 0 saturated carbocycles. The zero-order valence-electron chi connectivity index (χ0n) is 20.6. The number of unbranched alkanes of at least 4 members (excludes halogenated alkanes) is 12. The molecule has 0 spiro atoms. The standard InChI is InChI=1S/C24H49NO5S/c1-4-5-6-7-8-9-10-11-12-17-22-30-24(26)19-14-13-15-20-25(2,3)21-16-18-23-31(27,28)29/h4-23H2,1-3H3/p+1. The van der Waals surface area contributed by atoms with Gasteiger partial charge >= 0.3 is 5.97 Å². The Morgan fingerprint density at radius 3 is 1.77 bits per heavy atom. The van der Waals surface area contributed by atoms with Gasteiger partial charge in [-0.25, -0.2) is 0 Å². The predicted molar refractivity (Wildman–Crippen MR) is 129 cm³/mol. The lowest BCUT2D eigenvalue weighted by Gasteiger charge is -2.29. The summed E-state index contributed by atoms with van der Waals surface area (Å²) in [6.45, 7) is 4.69. The van der Waals surface area contributed by atoms with E-state index in [0.29, 0.717) is 19.4 Å². The Balaban J connectivity index is 3.47. The van der Waals surface area contributed by atoms with Gasteiger partial charge in [-0.05, 0) is 38.5 Å². The Bertz CT molecular complexity index is 534. The number of ether oxygens (including phenoxy) is 1. The van der Waals surface area contributed by atoms with Crippen LogP contribution in [-0.4, -0.2) is 63.0 Å². The highest BCUT2D eigenvalue weighted by Gasteiger charge is 2.15. The fourth-order valence-electron chi connectivity index (χ4n) is 3.77. The van der Waals surface area contributed by atoms with Crippen LogP contribution in [0.1, 0.15) is 110 Å². The average Bonchev–Trinajstić information content (AvgIpc) is 2.68. The van der Waals surface area contributed by atoms with Crippen LogP contribution < -0.4 is 0 Å². The predicted octanol–water partition coefficient (Wildman–Crippen LogP) is 5.76. The third-order valence-electron chi connectivity index (χ3n) is 5.82. The van der Waals surface area contributed by atoms with Crippen LogP contribution in [-0.2, 0) is 19.6 Å². The quantitative estimate of drug-likeness (QED) is 0.0954. The molecule has 0 amide bonds. The molecule has 31 heavy (non-hydrogen) atoms. The zero-order chi connectivity index (χ0) is 23.4. The van der Waals surface area contributed by atoms with E-state index in [1.54, 1.807) is 0 Å². The first kappa shape index (κ1) is 30.3. The maximum atomic E-state index is 11.8. The van der Waals surface area contributed by atoms with E-state index in [0.717, 1.165) is 56.1 Å². The van der Waals surface area contributed by atoms with Gasteiger partial charge in [0.05, 0.1) is 39.5 Å². The van der Waals surface area contributed by atoms with Crippen molar-refractivity contribution in [3.05, 3.63) is 0 Å². The van der Waals surface area contributed by atoms with Crippen molar-refractivity contribution in [2.75, 3.05) is 39.5 Å². The molecule has 0 aliphatic carbocycles. The molecule has 0 atom stereocenters. The molecule has 0 rings (SSSR count). The molecule has 0 radical (unpaired) electrons. The molecule has 6 nitrogen and oxygen atoms in total. The van der Waals surface area contributed by atoms with Crippen molar-refractivity contribution in [1.29, 1.82) is 0 Å². The lowest BCUT2D eigenvalue weighted by Crippen LogP contribution is -2.41. The number of quaternary nitrogens is 1. The minimum absolute atomic E-state index is 0.0742. The maximum absolute atomic E-state index is 11.8. The van der Waals surface area contributed by atoms with E-state index in [1.807, 2.05) is 0 Å². The molecular formula is C24H50NO5S+. The summed E-state index contributed by atoms with van der Waals surface area (Å²) in [5.41, 5.74) is 0. The maximum Gasteiger partial charge on any atom is 0.305 e. The first-order chi connectivity index (χ1) is 14.7. The first-order valence-electron chi connectivity index (χ1n) is 12.6. The van der Waals surface area contributed by atoms with Crippen LogP contribution >= 0.6 is 0 Å². The molecule has 0 aromatic rings. The molecular weight excluding hydrogens is 414 g/mol. The molecule has 0 heterocycles. The number of carbonyl (C=O) groups is 1. The third-order valence-corrected chi connectivity index (χ3v) is 6.63. The van der Waals surface area contributed by atoms with Crippen LogP contribution in [0.25, 0.3) is 0 Å². The van der Waals surface area contributed by atoms with E-state index in [9.17, 15) is 13.2 Å². The van der Waals surface area contributed by atoms with Gasteiger partial charge in [-0.15, -0.1) is 0 Å². The van der Waals surface area contributed by atoms with Gasteiger partial charge in [0.1, 0.15) is 0 Å². The van der Waals surface area contributed by atoms with Crippen molar-refractivity contribution < 1.29 is 27.0 Å². The van der Waals surface area contributed by atoms with Gasteiger partial charge in [0.15, 0.2) is 0 Å².